The summed E-state index contributed by atoms with van der Waals surface area (Å²) in [6.45, 7) is 0. The third kappa shape index (κ3) is 2.81. The number of nitrogens with one attached hydrogen (secondary N) is 2. The molecule has 5 heteroatoms. The number of hydrogen-bond acceptors (Lipinski definition) is 4. The Labute approximate surface area is 133 Å². The van der Waals surface area contributed by atoms with Crippen LogP contribution in [0.4, 0.5) is 17.2 Å². The Morgan fingerprint density at radius 3 is 2.78 bits per heavy atom. The third-order valence-electron chi connectivity index (χ3n) is 3.88. The molecule has 0 bridgehead atoms. The minimum Gasteiger partial charge on any atom is -0.508 e. The molecule has 2 heterocycles. The Morgan fingerprint density at radius 2 is 1.91 bits per heavy atom. The smallest absolute Gasteiger partial charge is 0.152 e. The van der Waals surface area contributed by atoms with E-state index in [2.05, 4.69) is 26.6 Å². The monoisotopic (exact) mass is 304 g/mol. The van der Waals surface area contributed by atoms with Crippen molar-refractivity contribution in [1.29, 1.82) is 0 Å². The average molecular weight is 304 g/mol. The summed E-state index contributed by atoms with van der Waals surface area (Å²) in [5, 5.41) is 20.0. The van der Waals surface area contributed by atoms with Crippen LogP contribution in [0, 0.1) is 0 Å². The van der Waals surface area contributed by atoms with E-state index in [1.54, 1.807) is 12.1 Å². The predicted molar refractivity (Wildman–Crippen MR) is 91.9 cm³/mol. The lowest BCUT2D eigenvalue weighted by Gasteiger charge is -2.11. The summed E-state index contributed by atoms with van der Waals surface area (Å²) in [7, 11) is 0. The largest absolute Gasteiger partial charge is 0.508 e. The molecule has 1 aliphatic heterocycles. The molecule has 0 radical (unpaired) electrons. The van der Waals surface area contributed by atoms with Crippen LogP contribution in [0.2, 0.25) is 0 Å². The Kier molecular flexibility index (Phi) is 3.31. The summed E-state index contributed by atoms with van der Waals surface area (Å²) in [6.07, 6.45) is 3.98. The van der Waals surface area contributed by atoms with Crippen LogP contribution in [-0.2, 0) is 6.42 Å². The lowest BCUT2D eigenvalue weighted by atomic mass is 10.0. The lowest BCUT2D eigenvalue weighted by Crippen LogP contribution is -1.96. The number of phenols is 1. The van der Waals surface area contributed by atoms with Crippen molar-refractivity contribution >= 4 is 23.4 Å². The minimum atomic E-state index is 0.253. The molecule has 0 amide bonds. The first-order valence-corrected chi connectivity index (χ1v) is 7.55. The minimum absolute atomic E-state index is 0.253. The van der Waals surface area contributed by atoms with Gasteiger partial charge in [0.1, 0.15) is 5.75 Å². The topological polar surface area (TPSA) is 73.3 Å². The van der Waals surface area contributed by atoms with E-state index in [9.17, 15) is 5.11 Å². The molecular weight excluding hydrogens is 288 g/mol. The van der Waals surface area contributed by atoms with Crippen molar-refractivity contribution in [3.05, 3.63) is 54.1 Å². The molecule has 5 nitrogen and oxygen atoms in total. The molecule has 0 spiro atoms. The molecular formula is C18H16N4O. The molecule has 0 aliphatic carbocycles. The van der Waals surface area contributed by atoms with Crippen LogP contribution >= 0.6 is 0 Å². The molecule has 0 saturated heterocycles. The zero-order valence-corrected chi connectivity index (χ0v) is 12.5. The van der Waals surface area contributed by atoms with Crippen molar-refractivity contribution in [3.63, 3.8) is 0 Å². The highest BCUT2D eigenvalue weighted by Gasteiger charge is 2.08. The van der Waals surface area contributed by atoms with E-state index in [-0.39, 0.29) is 5.75 Å². The summed E-state index contributed by atoms with van der Waals surface area (Å²) in [4.78, 5) is 4.40. The second-order valence-electron chi connectivity index (χ2n) is 5.53. The van der Waals surface area contributed by atoms with Gasteiger partial charge in [-0.25, -0.2) is 0 Å². The number of aromatic amines is 1. The van der Waals surface area contributed by atoms with E-state index in [0.29, 0.717) is 0 Å². The van der Waals surface area contributed by atoms with E-state index in [4.69, 9.17) is 0 Å². The van der Waals surface area contributed by atoms with Crippen LogP contribution in [0.5, 0.6) is 5.75 Å². The molecule has 2 aromatic carbocycles. The first kappa shape index (κ1) is 13.6. The number of anilines is 2. The molecule has 0 unspecified atom stereocenters. The summed E-state index contributed by atoms with van der Waals surface area (Å²) in [5.41, 5.74) is 5.18. The summed E-state index contributed by atoms with van der Waals surface area (Å²) >= 11 is 0. The van der Waals surface area contributed by atoms with Gasteiger partial charge in [0.05, 0.1) is 11.4 Å². The normalized spacial score (nSPS) is 12.9. The van der Waals surface area contributed by atoms with Gasteiger partial charge in [0.2, 0.25) is 0 Å². The highest BCUT2D eigenvalue weighted by Crippen LogP contribution is 2.29. The van der Waals surface area contributed by atoms with Crippen molar-refractivity contribution in [2.75, 3.05) is 5.32 Å². The second kappa shape index (κ2) is 5.61. The van der Waals surface area contributed by atoms with Crippen LogP contribution in [-0.4, -0.2) is 21.5 Å². The zero-order chi connectivity index (χ0) is 15.6. The second-order valence-corrected chi connectivity index (χ2v) is 5.53. The standard InChI is InChI=1S/C18H16N4O/c23-15-6-3-12(4-7-15)17-11-18(22-21-17)20-14-5-8-16-13(10-14)2-1-9-19-16/h3-11,23H,1-2H2,(H2,20,21,22). The number of nitrogens with zero attached hydrogens (tertiary/aromatic N) is 2. The maximum atomic E-state index is 9.35. The number of benzene rings is 2. The molecule has 1 aromatic heterocycles. The number of phenolic OH excluding ortho intramolecular Hbond substituents is 1. The quantitative estimate of drug-likeness (QED) is 0.679. The fourth-order valence-electron chi connectivity index (χ4n) is 2.69. The Bertz CT molecular complexity index is 865. The van der Waals surface area contributed by atoms with Gasteiger partial charge in [-0.05, 0) is 66.4 Å². The van der Waals surface area contributed by atoms with E-state index in [1.165, 1.54) is 5.56 Å². The number of H-pyrrole nitrogens is 1. The summed E-state index contributed by atoms with van der Waals surface area (Å²) < 4.78 is 0. The highest BCUT2D eigenvalue weighted by atomic mass is 16.3. The van der Waals surface area contributed by atoms with Gasteiger partial charge in [0.15, 0.2) is 5.82 Å². The number of aliphatic imine (C=N–C) groups is 1. The van der Waals surface area contributed by atoms with Crippen molar-refractivity contribution < 1.29 is 5.11 Å². The SMILES string of the molecule is Oc1ccc(-c2cc(Nc3ccc4c(c3)CCC=N4)n[nH]2)cc1. The predicted octanol–water partition coefficient (Wildman–Crippen LogP) is 4.17. The zero-order valence-electron chi connectivity index (χ0n) is 12.5. The van der Waals surface area contributed by atoms with Gasteiger partial charge in [0.25, 0.3) is 0 Å². The molecule has 1 aliphatic rings. The van der Waals surface area contributed by atoms with Gasteiger partial charge in [-0.2, -0.15) is 5.10 Å². The number of aryl methyl sites for hydroxylation is 1. The van der Waals surface area contributed by atoms with Crippen molar-refractivity contribution in [1.82, 2.24) is 10.2 Å². The van der Waals surface area contributed by atoms with E-state index >= 15 is 0 Å². The lowest BCUT2D eigenvalue weighted by molar-refractivity contribution is 0.475. The van der Waals surface area contributed by atoms with Gasteiger partial charge in [-0.15, -0.1) is 0 Å². The van der Waals surface area contributed by atoms with Crippen LogP contribution in [0.25, 0.3) is 11.3 Å². The van der Waals surface area contributed by atoms with Crippen molar-refractivity contribution in [3.8, 4) is 17.0 Å². The maximum Gasteiger partial charge on any atom is 0.152 e. The number of fused-ring (bicyclic) bond motifs is 1. The van der Waals surface area contributed by atoms with Crippen molar-refractivity contribution in [2.45, 2.75) is 12.8 Å². The molecule has 114 valence electrons. The molecule has 4 rings (SSSR count). The van der Waals surface area contributed by atoms with Crippen LogP contribution in [0.15, 0.2) is 53.5 Å². The molecule has 0 saturated carbocycles. The third-order valence-corrected chi connectivity index (χ3v) is 3.88. The van der Waals surface area contributed by atoms with E-state index < -0.39 is 0 Å². The maximum absolute atomic E-state index is 9.35. The fourth-order valence-corrected chi connectivity index (χ4v) is 2.69. The highest BCUT2D eigenvalue weighted by molar-refractivity contribution is 5.72. The Morgan fingerprint density at radius 1 is 1.04 bits per heavy atom. The molecule has 23 heavy (non-hydrogen) atoms. The Hall–Kier alpha value is -3.08. The molecule has 3 N–H and O–H groups in total. The molecule has 0 fully saturated rings. The molecule has 3 aromatic rings. The van der Waals surface area contributed by atoms with Crippen LogP contribution in [0.3, 0.4) is 0 Å². The van der Waals surface area contributed by atoms with Crippen LogP contribution in [0.1, 0.15) is 12.0 Å². The van der Waals surface area contributed by atoms with Gasteiger partial charge < -0.3 is 10.4 Å². The van der Waals surface area contributed by atoms with Gasteiger partial charge in [-0.3, -0.25) is 10.1 Å². The fraction of sp³-hybridized carbons (Fsp3) is 0.111. The van der Waals surface area contributed by atoms with Gasteiger partial charge in [-0.1, -0.05) is 0 Å². The first-order chi connectivity index (χ1) is 11.3. The number of rotatable bonds is 3. The summed E-state index contributed by atoms with van der Waals surface area (Å²) in [6, 6.07) is 15.1. The Balaban J connectivity index is 1.56. The van der Waals surface area contributed by atoms with Crippen molar-refractivity contribution in [2.24, 2.45) is 4.99 Å². The summed E-state index contributed by atoms with van der Waals surface area (Å²) in [5.74, 6) is 1.01. The molecule has 0 atom stereocenters. The van der Waals surface area contributed by atoms with E-state index in [0.717, 1.165) is 41.3 Å². The van der Waals surface area contributed by atoms with Gasteiger partial charge in [0, 0.05) is 18.0 Å². The number of aromatic hydroxyl groups is 1. The number of hydrogen-bond donors (Lipinski definition) is 3. The first-order valence-electron chi connectivity index (χ1n) is 7.55. The van der Waals surface area contributed by atoms with Gasteiger partial charge >= 0.3 is 0 Å². The average Bonchev–Trinajstić information content (AvgIpc) is 3.04. The number of aromatic nitrogens is 2. The van der Waals surface area contributed by atoms with Crippen LogP contribution < -0.4 is 5.32 Å². The van der Waals surface area contributed by atoms with E-state index in [1.807, 2.05) is 36.5 Å².